The Bertz CT molecular complexity index is 441. The van der Waals surface area contributed by atoms with Crippen LogP contribution >= 0.6 is 11.8 Å². The number of carbonyl (C=O) groups is 3. The maximum Gasteiger partial charge on any atom is 0.327 e. The molecule has 0 aromatic rings. The second-order valence-corrected chi connectivity index (χ2v) is 5.82. The lowest BCUT2D eigenvalue weighted by molar-refractivity contribution is -0.129. The fourth-order valence-corrected chi connectivity index (χ4v) is 3.03. The van der Waals surface area contributed by atoms with E-state index in [1.807, 2.05) is 6.26 Å². The van der Waals surface area contributed by atoms with E-state index in [1.165, 1.54) is 16.7 Å². The molecule has 110 valence electrons. The fourth-order valence-electron chi connectivity index (χ4n) is 2.69. The lowest BCUT2D eigenvalue weighted by Gasteiger charge is -2.32. The highest BCUT2D eigenvalue weighted by Gasteiger charge is 2.47. The largest absolute Gasteiger partial charge is 0.352 e. The SMILES string of the molecule is C=CCN1C(=O)C2CC(NC(=O)CSC)CCN2C1=O. The Hall–Kier alpha value is -1.50. The summed E-state index contributed by atoms with van der Waals surface area (Å²) in [6, 6.07) is -0.707. The standard InChI is InChI=1S/C13H19N3O3S/c1-3-5-16-12(18)10-7-9(14-11(17)8-20-2)4-6-15(10)13(16)19/h3,9-10H,1,4-8H2,2H3,(H,14,17). The van der Waals surface area contributed by atoms with Gasteiger partial charge < -0.3 is 10.2 Å². The first-order chi connectivity index (χ1) is 9.58. The molecular formula is C13H19N3O3S. The van der Waals surface area contributed by atoms with Crippen LogP contribution in [-0.4, -0.2) is 64.8 Å². The third-order valence-corrected chi connectivity index (χ3v) is 4.13. The van der Waals surface area contributed by atoms with Crippen LogP contribution in [0.4, 0.5) is 4.79 Å². The molecular weight excluding hydrogens is 278 g/mol. The highest BCUT2D eigenvalue weighted by molar-refractivity contribution is 7.99. The van der Waals surface area contributed by atoms with Gasteiger partial charge in [-0.2, -0.15) is 11.8 Å². The van der Waals surface area contributed by atoms with Gasteiger partial charge in [0.1, 0.15) is 6.04 Å². The summed E-state index contributed by atoms with van der Waals surface area (Å²) in [7, 11) is 0. The molecule has 2 fully saturated rings. The zero-order chi connectivity index (χ0) is 14.7. The molecule has 4 amide bonds. The molecule has 6 nitrogen and oxygen atoms in total. The van der Waals surface area contributed by atoms with Crippen molar-refractivity contribution in [3.05, 3.63) is 12.7 Å². The molecule has 0 aromatic heterocycles. The summed E-state index contributed by atoms with van der Waals surface area (Å²) in [4.78, 5) is 38.7. The van der Waals surface area contributed by atoms with E-state index >= 15 is 0 Å². The van der Waals surface area contributed by atoms with Crippen molar-refractivity contribution in [1.82, 2.24) is 15.1 Å². The van der Waals surface area contributed by atoms with Gasteiger partial charge in [-0.25, -0.2) is 4.79 Å². The highest BCUT2D eigenvalue weighted by Crippen LogP contribution is 2.26. The van der Waals surface area contributed by atoms with Gasteiger partial charge in [0.05, 0.1) is 5.75 Å². The molecule has 2 heterocycles. The van der Waals surface area contributed by atoms with E-state index in [0.29, 0.717) is 25.1 Å². The molecule has 20 heavy (non-hydrogen) atoms. The third kappa shape index (κ3) is 2.82. The van der Waals surface area contributed by atoms with E-state index in [2.05, 4.69) is 11.9 Å². The number of carbonyl (C=O) groups excluding carboxylic acids is 3. The smallest absolute Gasteiger partial charge is 0.327 e. The minimum atomic E-state index is -0.434. The summed E-state index contributed by atoms with van der Waals surface area (Å²) in [5.41, 5.74) is 0. The summed E-state index contributed by atoms with van der Waals surface area (Å²) in [6.45, 7) is 4.31. The number of hydrogen-bond acceptors (Lipinski definition) is 4. The van der Waals surface area contributed by atoms with Crippen LogP contribution in [0.15, 0.2) is 12.7 Å². The van der Waals surface area contributed by atoms with E-state index in [9.17, 15) is 14.4 Å². The Balaban J connectivity index is 1.99. The number of amides is 4. The number of thioether (sulfide) groups is 1. The molecule has 0 aliphatic carbocycles. The van der Waals surface area contributed by atoms with Crippen LogP contribution < -0.4 is 5.32 Å². The predicted molar refractivity (Wildman–Crippen MR) is 77.3 cm³/mol. The quantitative estimate of drug-likeness (QED) is 0.591. The van der Waals surface area contributed by atoms with Gasteiger partial charge in [-0.1, -0.05) is 6.08 Å². The Morgan fingerprint density at radius 3 is 2.95 bits per heavy atom. The van der Waals surface area contributed by atoms with Gasteiger partial charge >= 0.3 is 6.03 Å². The molecule has 2 aliphatic rings. The normalized spacial score (nSPS) is 25.6. The zero-order valence-electron chi connectivity index (χ0n) is 11.5. The Labute approximate surface area is 122 Å². The lowest BCUT2D eigenvalue weighted by atomic mass is 9.98. The summed E-state index contributed by atoms with van der Waals surface area (Å²) < 4.78 is 0. The first-order valence-corrected chi connectivity index (χ1v) is 7.99. The fraction of sp³-hybridized carbons (Fsp3) is 0.615. The van der Waals surface area contributed by atoms with Crippen molar-refractivity contribution >= 4 is 29.6 Å². The number of urea groups is 1. The molecule has 0 bridgehead atoms. The summed E-state index contributed by atoms with van der Waals surface area (Å²) >= 11 is 1.46. The predicted octanol–water partition coefficient (Wildman–Crippen LogP) is 0.447. The van der Waals surface area contributed by atoms with Crippen LogP contribution in [0.3, 0.4) is 0 Å². The van der Waals surface area contributed by atoms with E-state index in [-0.39, 0.29) is 30.4 Å². The molecule has 0 aromatic carbocycles. The van der Waals surface area contributed by atoms with Gasteiger partial charge in [0.2, 0.25) is 5.91 Å². The van der Waals surface area contributed by atoms with Crippen molar-refractivity contribution in [2.24, 2.45) is 0 Å². The topological polar surface area (TPSA) is 69.7 Å². The molecule has 2 aliphatic heterocycles. The average Bonchev–Trinajstić information content (AvgIpc) is 2.64. The Morgan fingerprint density at radius 1 is 1.55 bits per heavy atom. The molecule has 2 saturated heterocycles. The summed E-state index contributed by atoms with van der Waals surface area (Å²) in [5, 5.41) is 2.93. The average molecular weight is 297 g/mol. The second kappa shape index (κ2) is 6.30. The number of imide groups is 1. The third-order valence-electron chi connectivity index (χ3n) is 3.58. The first kappa shape index (κ1) is 14.9. The highest BCUT2D eigenvalue weighted by atomic mass is 32.2. The number of nitrogens with one attached hydrogen (secondary N) is 1. The number of hydrogen-bond donors (Lipinski definition) is 1. The monoisotopic (exact) mass is 297 g/mol. The van der Waals surface area contributed by atoms with E-state index in [0.717, 1.165) is 0 Å². The van der Waals surface area contributed by atoms with Gasteiger partial charge in [0, 0.05) is 19.1 Å². The van der Waals surface area contributed by atoms with Crippen LogP contribution in [0.25, 0.3) is 0 Å². The van der Waals surface area contributed by atoms with E-state index < -0.39 is 6.04 Å². The molecule has 2 atom stereocenters. The van der Waals surface area contributed by atoms with Crippen LogP contribution in [0.1, 0.15) is 12.8 Å². The number of nitrogens with zero attached hydrogens (tertiary/aromatic N) is 2. The zero-order valence-corrected chi connectivity index (χ0v) is 12.3. The molecule has 0 spiro atoms. The number of fused-ring (bicyclic) bond motifs is 1. The minimum absolute atomic E-state index is 0.0179. The van der Waals surface area contributed by atoms with Crippen LogP contribution in [-0.2, 0) is 9.59 Å². The van der Waals surface area contributed by atoms with Gasteiger partial charge in [-0.15, -0.1) is 6.58 Å². The molecule has 0 radical (unpaired) electrons. The van der Waals surface area contributed by atoms with Crippen molar-refractivity contribution in [2.45, 2.75) is 24.9 Å². The van der Waals surface area contributed by atoms with E-state index in [1.54, 1.807) is 11.0 Å². The maximum absolute atomic E-state index is 12.2. The van der Waals surface area contributed by atoms with Crippen molar-refractivity contribution in [2.75, 3.05) is 25.1 Å². The van der Waals surface area contributed by atoms with Crippen LogP contribution in [0, 0.1) is 0 Å². The van der Waals surface area contributed by atoms with Crippen molar-refractivity contribution in [1.29, 1.82) is 0 Å². The van der Waals surface area contributed by atoms with Crippen molar-refractivity contribution in [3.63, 3.8) is 0 Å². The molecule has 1 N–H and O–H groups in total. The summed E-state index contributed by atoms with van der Waals surface area (Å²) in [6.07, 6.45) is 4.61. The van der Waals surface area contributed by atoms with Crippen molar-refractivity contribution < 1.29 is 14.4 Å². The van der Waals surface area contributed by atoms with Gasteiger partial charge in [0.15, 0.2) is 0 Å². The van der Waals surface area contributed by atoms with Gasteiger partial charge in [-0.05, 0) is 19.1 Å². The summed E-state index contributed by atoms with van der Waals surface area (Å²) in [5.74, 6) is 0.217. The number of rotatable bonds is 5. The Morgan fingerprint density at radius 2 is 2.30 bits per heavy atom. The van der Waals surface area contributed by atoms with Gasteiger partial charge in [-0.3, -0.25) is 14.5 Å². The van der Waals surface area contributed by atoms with Crippen LogP contribution in [0.2, 0.25) is 0 Å². The van der Waals surface area contributed by atoms with Gasteiger partial charge in [0.25, 0.3) is 5.91 Å². The van der Waals surface area contributed by atoms with E-state index in [4.69, 9.17) is 0 Å². The maximum atomic E-state index is 12.2. The molecule has 2 unspecified atom stereocenters. The Kier molecular flexibility index (Phi) is 4.69. The van der Waals surface area contributed by atoms with Crippen molar-refractivity contribution in [3.8, 4) is 0 Å². The molecule has 7 heteroatoms. The first-order valence-electron chi connectivity index (χ1n) is 6.59. The number of piperidine rings is 1. The van der Waals surface area contributed by atoms with Crippen LogP contribution in [0.5, 0.6) is 0 Å². The lowest BCUT2D eigenvalue weighted by Crippen LogP contribution is -2.50. The molecule has 2 rings (SSSR count). The molecule has 0 saturated carbocycles. The second-order valence-electron chi connectivity index (χ2n) is 4.95. The minimum Gasteiger partial charge on any atom is -0.352 e.